The number of fused-ring (bicyclic) bond motifs is 4. The molecule has 0 saturated carbocycles. The Morgan fingerprint density at radius 1 is 0.721 bits per heavy atom. The minimum Gasteiger partial charge on any atom is -0.307 e. The SMILES string of the molecule is Cc1ccc(S(=O)(=O)n2ccc3c2ncc2nncn23)cc1.Cc1ccc(S(=O)(=O)n2ccc3nc(NN)cnc32)cc1. The third kappa shape index (κ3) is 4.96. The highest BCUT2D eigenvalue weighted by Crippen LogP contribution is 2.22. The van der Waals surface area contributed by atoms with Gasteiger partial charge in [0.2, 0.25) is 0 Å². The topological polar surface area (TPSA) is 185 Å². The minimum absolute atomic E-state index is 0.202. The van der Waals surface area contributed by atoms with Gasteiger partial charge in [-0.05, 0) is 50.2 Å². The van der Waals surface area contributed by atoms with Crippen LogP contribution in [0.2, 0.25) is 0 Å². The number of hydrazine groups is 1. The molecule has 218 valence electrons. The number of nitrogens with zero attached hydrogens (tertiary/aromatic N) is 8. The van der Waals surface area contributed by atoms with Crippen LogP contribution in [-0.4, -0.2) is 54.3 Å². The van der Waals surface area contributed by atoms with E-state index in [2.05, 4.69) is 30.6 Å². The second-order valence-corrected chi connectivity index (χ2v) is 13.1. The molecule has 0 aliphatic carbocycles. The van der Waals surface area contributed by atoms with Crippen molar-refractivity contribution in [3.63, 3.8) is 0 Å². The number of benzene rings is 2. The van der Waals surface area contributed by atoms with Crippen molar-refractivity contribution >= 4 is 53.8 Å². The Morgan fingerprint density at radius 3 is 1.88 bits per heavy atom. The van der Waals surface area contributed by atoms with E-state index >= 15 is 0 Å². The van der Waals surface area contributed by atoms with Crippen LogP contribution < -0.4 is 11.3 Å². The highest BCUT2D eigenvalue weighted by atomic mass is 32.2. The Bertz CT molecular complexity index is 2330. The average molecular weight is 617 g/mol. The predicted molar refractivity (Wildman–Crippen MR) is 159 cm³/mol. The van der Waals surface area contributed by atoms with E-state index in [1.54, 1.807) is 65.1 Å². The van der Waals surface area contributed by atoms with Crippen LogP contribution in [0.1, 0.15) is 11.1 Å². The molecule has 7 rings (SSSR count). The monoisotopic (exact) mass is 616 g/mol. The molecule has 5 heterocycles. The highest BCUT2D eigenvalue weighted by molar-refractivity contribution is 7.90. The van der Waals surface area contributed by atoms with Gasteiger partial charge in [0.15, 0.2) is 22.8 Å². The summed E-state index contributed by atoms with van der Waals surface area (Å²) in [6.45, 7) is 3.81. The van der Waals surface area contributed by atoms with Gasteiger partial charge in [0.1, 0.15) is 11.8 Å². The smallest absolute Gasteiger partial charge is 0.269 e. The fraction of sp³-hybridized carbons (Fsp3) is 0.0741. The molecule has 0 spiro atoms. The molecule has 0 bridgehead atoms. The zero-order valence-electron chi connectivity index (χ0n) is 22.8. The molecule has 16 heteroatoms. The Kier molecular flexibility index (Phi) is 6.87. The number of hydrogen-bond donors (Lipinski definition) is 2. The van der Waals surface area contributed by atoms with E-state index < -0.39 is 20.0 Å². The summed E-state index contributed by atoms with van der Waals surface area (Å²) in [5.74, 6) is 5.63. The number of nitrogen functional groups attached to an aromatic ring is 1. The molecule has 0 aliphatic rings. The minimum atomic E-state index is -3.70. The van der Waals surface area contributed by atoms with Gasteiger partial charge < -0.3 is 5.43 Å². The first-order valence-corrected chi connectivity index (χ1v) is 15.6. The van der Waals surface area contributed by atoms with Gasteiger partial charge in [-0.1, -0.05) is 35.4 Å². The summed E-state index contributed by atoms with van der Waals surface area (Å²) in [5, 5.41) is 7.70. The summed E-state index contributed by atoms with van der Waals surface area (Å²) in [4.78, 5) is 12.9. The number of rotatable bonds is 5. The fourth-order valence-corrected chi connectivity index (χ4v) is 6.93. The first-order valence-electron chi connectivity index (χ1n) is 12.7. The van der Waals surface area contributed by atoms with Crippen LogP contribution >= 0.6 is 0 Å². The van der Waals surface area contributed by atoms with Crippen molar-refractivity contribution in [3.8, 4) is 0 Å². The number of aromatic nitrogens is 8. The van der Waals surface area contributed by atoms with Crippen LogP contribution in [0.3, 0.4) is 0 Å². The van der Waals surface area contributed by atoms with Gasteiger partial charge in [-0.25, -0.2) is 45.6 Å². The molecule has 0 atom stereocenters. The van der Waals surface area contributed by atoms with Gasteiger partial charge in [0.05, 0.1) is 27.7 Å². The molecule has 5 aromatic heterocycles. The van der Waals surface area contributed by atoms with E-state index in [4.69, 9.17) is 5.84 Å². The lowest BCUT2D eigenvalue weighted by atomic mass is 10.2. The molecule has 3 N–H and O–H groups in total. The summed E-state index contributed by atoms with van der Waals surface area (Å²) >= 11 is 0. The van der Waals surface area contributed by atoms with Crippen LogP contribution in [-0.2, 0) is 20.0 Å². The summed E-state index contributed by atoms with van der Waals surface area (Å²) in [6, 6.07) is 16.6. The van der Waals surface area contributed by atoms with E-state index in [1.807, 2.05) is 13.8 Å². The number of nitrogens with one attached hydrogen (secondary N) is 1. The Morgan fingerprint density at radius 2 is 1.28 bits per heavy atom. The molecule has 0 radical (unpaired) electrons. The van der Waals surface area contributed by atoms with Crippen LogP contribution in [0.5, 0.6) is 0 Å². The predicted octanol–water partition coefficient (Wildman–Crippen LogP) is 2.89. The maximum atomic E-state index is 12.8. The molecular formula is C27H24N10O4S2. The van der Waals surface area contributed by atoms with Crippen LogP contribution in [0, 0.1) is 13.8 Å². The number of aryl methyl sites for hydroxylation is 2. The Hall–Kier alpha value is -5.19. The van der Waals surface area contributed by atoms with E-state index in [0.717, 1.165) is 15.1 Å². The standard InChI is InChI=1S/C14H11N5O2S.C13H13N5O2S/c1-10-2-4-11(5-3-10)22(20,21)19-7-6-12-14(19)15-8-13-17-16-9-18(12)13;1-9-2-4-10(5-3-9)21(19,20)18-7-6-11-13(18)15-8-12(16-11)17-14/h2-9H,1H3;2-8H,14H2,1H3,(H,16,17). The summed E-state index contributed by atoms with van der Waals surface area (Å²) in [5.41, 5.74) is 6.61. The molecule has 0 fully saturated rings. The van der Waals surface area contributed by atoms with Crippen molar-refractivity contribution in [1.29, 1.82) is 0 Å². The largest absolute Gasteiger partial charge is 0.307 e. The molecule has 7 aromatic rings. The average Bonchev–Trinajstić information content (AvgIpc) is 3.75. The van der Waals surface area contributed by atoms with Gasteiger partial charge >= 0.3 is 0 Å². The Labute approximate surface area is 245 Å². The lowest BCUT2D eigenvalue weighted by molar-refractivity contribution is 0.587. The molecule has 43 heavy (non-hydrogen) atoms. The molecular weight excluding hydrogens is 592 g/mol. The Balaban J connectivity index is 0.000000153. The van der Waals surface area contributed by atoms with Crippen molar-refractivity contribution in [2.45, 2.75) is 23.6 Å². The number of anilines is 1. The van der Waals surface area contributed by atoms with E-state index in [9.17, 15) is 16.8 Å². The number of nitrogens with two attached hydrogens (primary N) is 1. The van der Waals surface area contributed by atoms with E-state index in [-0.39, 0.29) is 15.4 Å². The highest BCUT2D eigenvalue weighted by Gasteiger charge is 2.21. The maximum Gasteiger partial charge on any atom is 0.269 e. The molecule has 0 amide bonds. The molecule has 0 saturated heterocycles. The van der Waals surface area contributed by atoms with Gasteiger partial charge in [-0.2, -0.15) is 0 Å². The van der Waals surface area contributed by atoms with Crippen molar-refractivity contribution in [1.82, 2.24) is 37.5 Å². The lowest BCUT2D eigenvalue weighted by Gasteiger charge is -2.07. The van der Waals surface area contributed by atoms with Crippen molar-refractivity contribution in [2.75, 3.05) is 5.43 Å². The van der Waals surface area contributed by atoms with Gasteiger partial charge in [0, 0.05) is 12.4 Å². The zero-order valence-corrected chi connectivity index (χ0v) is 24.4. The third-order valence-electron chi connectivity index (χ3n) is 6.60. The lowest BCUT2D eigenvalue weighted by Crippen LogP contribution is -2.13. The molecule has 0 aliphatic heterocycles. The van der Waals surface area contributed by atoms with Crippen molar-refractivity contribution in [3.05, 3.63) is 103 Å². The van der Waals surface area contributed by atoms with Crippen LogP contribution in [0.25, 0.3) is 28.0 Å². The zero-order chi connectivity index (χ0) is 30.4. The normalized spacial score (nSPS) is 12.0. The maximum absolute atomic E-state index is 12.8. The van der Waals surface area contributed by atoms with Crippen molar-refractivity contribution in [2.24, 2.45) is 5.84 Å². The first-order chi connectivity index (χ1) is 20.6. The molecule has 2 aromatic carbocycles. The van der Waals surface area contributed by atoms with Gasteiger partial charge in [0.25, 0.3) is 20.0 Å². The molecule has 0 unspecified atom stereocenters. The summed E-state index contributed by atoms with van der Waals surface area (Å²) < 4.78 is 54.8. The third-order valence-corrected chi connectivity index (χ3v) is 9.96. The quantitative estimate of drug-likeness (QED) is 0.214. The van der Waals surface area contributed by atoms with Gasteiger partial charge in [-0.15, -0.1) is 10.2 Å². The second-order valence-electron chi connectivity index (χ2n) is 9.49. The second kappa shape index (κ2) is 10.6. The van der Waals surface area contributed by atoms with Crippen LogP contribution in [0.15, 0.2) is 102 Å². The van der Waals surface area contributed by atoms with Crippen LogP contribution in [0.4, 0.5) is 5.82 Å². The van der Waals surface area contributed by atoms with E-state index in [0.29, 0.717) is 28.1 Å². The summed E-state index contributed by atoms with van der Waals surface area (Å²) in [7, 11) is -7.39. The first kappa shape index (κ1) is 28.0. The van der Waals surface area contributed by atoms with E-state index in [1.165, 1.54) is 35.1 Å². The fourth-order valence-electron chi connectivity index (χ4n) is 4.34. The molecule has 14 nitrogen and oxygen atoms in total. The number of hydrogen-bond acceptors (Lipinski definition) is 11. The summed E-state index contributed by atoms with van der Waals surface area (Å²) in [6.07, 6.45) is 7.33. The van der Waals surface area contributed by atoms with Gasteiger partial charge in [-0.3, -0.25) is 4.40 Å². The van der Waals surface area contributed by atoms with Crippen molar-refractivity contribution < 1.29 is 16.8 Å².